The summed E-state index contributed by atoms with van der Waals surface area (Å²) in [5, 5.41) is 1.61. The van der Waals surface area contributed by atoms with Gasteiger partial charge in [0.1, 0.15) is 18.6 Å². The molecular weight excluding hydrogens is 440 g/mol. The molecule has 3 heterocycles. The Morgan fingerprint density at radius 2 is 1.76 bits per heavy atom. The van der Waals surface area contributed by atoms with Crippen molar-refractivity contribution in [3.63, 3.8) is 0 Å². The summed E-state index contributed by atoms with van der Waals surface area (Å²) >= 11 is 0. The standard InChI is InChI=1S/C23H24N6O3S/c1-17-12-21(23(26-14-17)32-11-10-28(2)3)29(22-7-9-25-16-27-22)33(30,31)20-5-4-19-15-24-8-6-18(19)13-20/h4-9,12-16H,10-11H2,1-3H3. The average Bonchev–Trinajstić information content (AvgIpc) is 2.80. The fourth-order valence-corrected chi connectivity index (χ4v) is 4.70. The minimum absolute atomic E-state index is 0.112. The average molecular weight is 465 g/mol. The van der Waals surface area contributed by atoms with Gasteiger partial charge in [-0.3, -0.25) is 4.98 Å². The normalized spacial score (nSPS) is 11.6. The number of ether oxygens (including phenoxy) is 1. The van der Waals surface area contributed by atoms with Crippen LogP contribution < -0.4 is 9.04 Å². The maximum absolute atomic E-state index is 14.0. The van der Waals surface area contributed by atoms with Gasteiger partial charge in [0.25, 0.3) is 10.0 Å². The van der Waals surface area contributed by atoms with Crippen LogP contribution in [0.15, 0.2) is 72.4 Å². The molecule has 4 rings (SSSR count). The van der Waals surface area contributed by atoms with Crippen LogP contribution in [0.2, 0.25) is 0 Å². The number of hydrogen-bond donors (Lipinski definition) is 0. The third-order valence-corrected chi connectivity index (χ3v) is 6.60. The lowest BCUT2D eigenvalue weighted by atomic mass is 10.2. The Labute approximate surface area is 192 Å². The smallest absolute Gasteiger partial charge is 0.270 e. The summed E-state index contributed by atoms with van der Waals surface area (Å²) in [6.45, 7) is 2.83. The SMILES string of the molecule is Cc1cnc(OCCN(C)C)c(N(c2ccncn2)S(=O)(=O)c2ccc3cnccc3c2)c1. The van der Waals surface area contributed by atoms with Gasteiger partial charge >= 0.3 is 0 Å². The van der Waals surface area contributed by atoms with E-state index in [0.717, 1.165) is 20.6 Å². The van der Waals surface area contributed by atoms with Crippen molar-refractivity contribution in [1.82, 2.24) is 24.8 Å². The molecule has 0 atom stereocenters. The number of sulfonamides is 1. The van der Waals surface area contributed by atoms with Crippen LogP contribution >= 0.6 is 0 Å². The van der Waals surface area contributed by atoms with E-state index in [1.54, 1.807) is 48.9 Å². The van der Waals surface area contributed by atoms with Gasteiger partial charge in [0.15, 0.2) is 5.82 Å². The van der Waals surface area contributed by atoms with E-state index in [0.29, 0.717) is 13.2 Å². The number of likely N-dealkylation sites (N-methyl/N-ethyl adjacent to an activating group) is 1. The molecular formula is C23H24N6O3S. The number of hydrogen-bond acceptors (Lipinski definition) is 8. The van der Waals surface area contributed by atoms with Crippen molar-refractivity contribution in [2.75, 3.05) is 31.6 Å². The molecule has 1 aromatic carbocycles. The van der Waals surface area contributed by atoms with Crippen molar-refractivity contribution in [2.24, 2.45) is 0 Å². The number of aromatic nitrogens is 4. The first-order chi connectivity index (χ1) is 15.9. The fourth-order valence-electron chi connectivity index (χ4n) is 3.23. The number of rotatable bonds is 8. The number of fused-ring (bicyclic) bond motifs is 1. The fraction of sp³-hybridized carbons (Fsp3) is 0.217. The van der Waals surface area contributed by atoms with E-state index in [4.69, 9.17) is 4.74 Å². The monoisotopic (exact) mass is 464 g/mol. The Morgan fingerprint density at radius 3 is 2.52 bits per heavy atom. The Bertz CT molecular complexity index is 1360. The van der Waals surface area contributed by atoms with Crippen molar-refractivity contribution in [2.45, 2.75) is 11.8 Å². The zero-order valence-corrected chi connectivity index (χ0v) is 19.4. The zero-order valence-electron chi connectivity index (χ0n) is 18.6. The van der Waals surface area contributed by atoms with Gasteiger partial charge in [-0.2, -0.15) is 0 Å². The second kappa shape index (κ2) is 9.47. The molecule has 10 heteroatoms. The summed E-state index contributed by atoms with van der Waals surface area (Å²) in [6, 6.07) is 9.94. The van der Waals surface area contributed by atoms with Gasteiger partial charge in [-0.15, -0.1) is 0 Å². The molecule has 0 bridgehead atoms. The minimum atomic E-state index is -4.09. The molecule has 0 saturated carbocycles. The molecule has 0 aliphatic rings. The van der Waals surface area contributed by atoms with Crippen molar-refractivity contribution in [3.8, 4) is 5.88 Å². The van der Waals surface area contributed by atoms with Crippen molar-refractivity contribution in [1.29, 1.82) is 0 Å². The lowest BCUT2D eigenvalue weighted by Crippen LogP contribution is -2.28. The lowest BCUT2D eigenvalue weighted by Gasteiger charge is -2.25. The summed E-state index contributed by atoms with van der Waals surface area (Å²) in [7, 11) is -0.226. The zero-order chi connectivity index (χ0) is 23.4. The van der Waals surface area contributed by atoms with Crippen molar-refractivity contribution >= 4 is 32.3 Å². The van der Waals surface area contributed by atoms with Crippen LogP contribution in [0.25, 0.3) is 10.8 Å². The van der Waals surface area contributed by atoms with Crippen LogP contribution in [-0.2, 0) is 10.0 Å². The Morgan fingerprint density at radius 1 is 0.939 bits per heavy atom. The second-order valence-electron chi connectivity index (χ2n) is 7.71. The van der Waals surface area contributed by atoms with Crippen LogP contribution in [0.1, 0.15) is 5.56 Å². The number of aryl methyl sites for hydroxylation is 1. The van der Waals surface area contributed by atoms with E-state index < -0.39 is 10.0 Å². The predicted octanol–water partition coefficient (Wildman–Crippen LogP) is 3.20. The van der Waals surface area contributed by atoms with Crippen LogP contribution in [0.5, 0.6) is 5.88 Å². The van der Waals surface area contributed by atoms with Gasteiger partial charge in [0, 0.05) is 42.8 Å². The molecule has 0 aliphatic heterocycles. The highest BCUT2D eigenvalue weighted by Crippen LogP contribution is 2.37. The Kier molecular flexibility index (Phi) is 6.47. The highest BCUT2D eigenvalue weighted by molar-refractivity contribution is 7.93. The Hall–Kier alpha value is -3.63. The molecule has 0 amide bonds. The first-order valence-electron chi connectivity index (χ1n) is 10.3. The number of benzene rings is 1. The second-order valence-corrected chi connectivity index (χ2v) is 9.50. The largest absolute Gasteiger partial charge is 0.475 e. The van der Waals surface area contributed by atoms with Gasteiger partial charge in [-0.1, -0.05) is 6.07 Å². The molecule has 4 aromatic rings. The van der Waals surface area contributed by atoms with Crippen LogP contribution in [-0.4, -0.2) is 60.5 Å². The van der Waals surface area contributed by atoms with Crippen molar-refractivity contribution in [3.05, 3.63) is 73.1 Å². The van der Waals surface area contributed by atoms with Gasteiger partial charge in [-0.25, -0.2) is 27.7 Å². The van der Waals surface area contributed by atoms with E-state index in [9.17, 15) is 8.42 Å². The van der Waals surface area contributed by atoms with Crippen LogP contribution in [0.4, 0.5) is 11.5 Å². The maximum atomic E-state index is 14.0. The lowest BCUT2D eigenvalue weighted by molar-refractivity contribution is 0.254. The van der Waals surface area contributed by atoms with E-state index in [2.05, 4.69) is 19.9 Å². The molecule has 0 aliphatic carbocycles. The molecule has 9 nitrogen and oxygen atoms in total. The van der Waals surface area contributed by atoms with Crippen LogP contribution in [0, 0.1) is 6.92 Å². The molecule has 0 saturated heterocycles. The van der Waals surface area contributed by atoms with Gasteiger partial charge in [0.2, 0.25) is 5.88 Å². The summed E-state index contributed by atoms with van der Waals surface area (Å²) in [5.74, 6) is 0.388. The van der Waals surface area contributed by atoms with Crippen molar-refractivity contribution < 1.29 is 13.2 Å². The van der Waals surface area contributed by atoms with E-state index in [-0.39, 0.29) is 22.3 Å². The first-order valence-corrected chi connectivity index (χ1v) is 11.7. The third kappa shape index (κ3) is 4.91. The summed E-state index contributed by atoms with van der Waals surface area (Å²) in [4.78, 5) is 18.7. The first kappa shape index (κ1) is 22.6. The summed E-state index contributed by atoms with van der Waals surface area (Å²) < 4.78 is 35.0. The highest BCUT2D eigenvalue weighted by Gasteiger charge is 2.31. The number of anilines is 2. The summed E-state index contributed by atoms with van der Waals surface area (Å²) in [5.41, 5.74) is 1.06. The molecule has 0 unspecified atom stereocenters. The maximum Gasteiger partial charge on any atom is 0.270 e. The quantitative estimate of drug-likeness (QED) is 0.392. The molecule has 0 fully saturated rings. The van der Waals surface area contributed by atoms with Gasteiger partial charge in [0.05, 0.1) is 4.90 Å². The Balaban J connectivity index is 1.87. The topological polar surface area (TPSA) is 101 Å². The predicted molar refractivity (Wildman–Crippen MR) is 126 cm³/mol. The van der Waals surface area contributed by atoms with Gasteiger partial charge < -0.3 is 9.64 Å². The molecule has 3 aromatic heterocycles. The molecule has 0 spiro atoms. The minimum Gasteiger partial charge on any atom is -0.475 e. The number of pyridine rings is 2. The van der Waals surface area contributed by atoms with E-state index >= 15 is 0 Å². The highest BCUT2D eigenvalue weighted by atomic mass is 32.2. The molecule has 0 radical (unpaired) electrons. The van der Waals surface area contributed by atoms with Crippen LogP contribution in [0.3, 0.4) is 0 Å². The molecule has 33 heavy (non-hydrogen) atoms. The number of nitrogens with zero attached hydrogens (tertiary/aromatic N) is 6. The van der Waals surface area contributed by atoms with E-state index in [1.165, 1.54) is 18.6 Å². The molecule has 0 N–H and O–H groups in total. The van der Waals surface area contributed by atoms with E-state index in [1.807, 2.05) is 25.9 Å². The summed E-state index contributed by atoms with van der Waals surface area (Å²) in [6.07, 6.45) is 7.76. The third-order valence-electron chi connectivity index (χ3n) is 4.89. The van der Waals surface area contributed by atoms with Gasteiger partial charge in [-0.05, 0) is 56.2 Å². The molecule has 170 valence electrons.